The molecule has 0 radical (unpaired) electrons. The Bertz CT molecular complexity index is 850. The zero-order valence-corrected chi connectivity index (χ0v) is 14.6. The minimum Gasteiger partial charge on any atom is -0.349 e. The standard InChI is InChI=1S/C19H19N3O2S/c23-18(20-14-9-5-2-6-10-14)16-12-11-15(25-16)17-21-19(24-22-17)13-7-3-1-4-8-13/h1,3-4,7-8,11-12,14H,2,5-6,9-10H2,(H,20,23). The quantitative estimate of drug-likeness (QED) is 0.748. The Hall–Kier alpha value is -2.47. The van der Waals surface area contributed by atoms with Crippen molar-refractivity contribution < 1.29 is 9.32 Å². The van der Waals surface area contributed by atoms with Gasteiger partial charge >= 0.3 is 0 Å². The van der Waals surface area contributed by atoms with Crippen LogP contribution in [0.2, 0.25) is 0 Å². The molecular weight excluding hydrogens is 334 g/mol. The van der Waals surface area contributed by atoms with Crippen LogP contribution in [0.25, 0.3) is 22.2 Å². The summed E-state index contributed by atoms with van der Waals surface area (Å²) in [6.45, 7) is 0. The van der Waals surface area contributed by atoms with Crippen LogP contribution in [0, 0.1) is 0 Å². The first kappa shape index (κ1) is 16.0. The molecule has 128 valence electrons. The minimum absolute atomic E-state index is 0.00470. The normalized spacial score (nSPS) is 15.2. The molecule has 0 saturated heterocycles. The third-order valence-electron chi connectivity index (χ3n) is 4.44. The number of aromatic nitrogens is 2. The summed E-state index contributed by atoms with van der Waals surface area (Å²) in [6.07, 6.45) is 5.83. The molecule has 0 unspecified atom stereocenters. The van der Waals surface area contributed by atoms with Crippen LogP contribution in [0.1, 0.15) is 41.8 Å². The zero-order chi connectivity index (χ0) is 17.1. The number of nitrogens with zero attached hydrogens (tertiary/aromatic N) is 2. The van der Waals surface area contributed by atoms with Gasteiger partial charge in [0.25, 0.3) is 11.8 Å². The molecule has 2 heterocycles. The summed E-state index contributed by atoms with van der Waals surface area (Å²) in [6, 6.07) is 13.7. The summed E-state index contributed by atoms with van der Waals surface area (Å²) in [5.74, 6) is 0.993. The van der Waals surface area contributed by atoms with Gasteiger partial charge in [-0.3, -0.25) is 4.79 Å². The number of hydrogen-bond acceptors (Lipinski definition) is 5. The third-order valence-corrected chi connectivity index (χ3v) is 5.52. The van der Waals surface area contributed by atoms with E-state index in [0.29, 0.717) is 22.6 Å². The highest BCUT2D eigenvalue weighted by atomic mass is 32.1. The molecule has 6 heteroatoms. The van der Waals surface area contributed by atoms with Gasteiger partial charge in [-0.2, -0.15) is 4.98 Å². The molecule has 3 aromatic rings. The number of carbonyl (C=O) groups is 1. The van der Waals surface area contributed by atoms with Crippen molar-refractivity contribution in [3.8, 4) is 22.2 Å². The van der Waals surface area contributed by atoms with Crippen molar-refractivity contribution >= 4 is 17.2 Å². The van der Waals surface area contributed by atoms with E-state index in [1.165, 1.54) is 30.6 Å². The van der Waals surface area contributed by atoms with Gasteiger partial charge in [-0.1, -0.05) is 42.6 Å². The monoisotopic (exact) mass is 353 g/mol. The Labute approximate surface area is 150 Å². The molecule has 1 aliphatic carbocycles. The van der Waals surface area contributed by atoms with Gasteiger partial charge in [0.1, 0.15) is 0 Å². The smallest absolute Gasteiger partial charge is 0.261 e. The highest BCUT2D eigenvalue weighted by molar-refractivity contribution is 7.17. The summed E-state index contributed by atoms with van der Waals surface area (Å²) in [5.41, 5.74) is 0.882. The van der Waals surface area contributed by atoms with E-state index in [2.05, 4.69) is 15.5 Å². The van der Waals surface area contributed by atoms with Crippen LogP contribution < -0.4 is 5.32 Å². The second-order valence-corrected chi connectivity index (χ2v) is 7.35. The van der Waals surface area contributed by atoms with Crippen LogP contribution in [-0.2, 0) is 0 Å². The summed E-state index contributed by atoms with van der Waals surface area (Å²) in [5, 5.41) is 7.18. The molecule has 2 aromatic heterocycles. The molecule has 1 saturated carbocycles. The van der Waals surface area contributed by atoms with E-state index >= 15 is 0 Å². The first-order chi connectivity index (χ1) is 12.3. The first-order valence-corrected chi connectivity index (χ1v) is 9.41. The average Bonchev–Trinajstić information content (AvgIpc) is 3.33. The molecule has 0 bridgehead atoms. The molecule has 0 aliphatic heterocycles. The molecule has 1 aliphatic rings. The number of rotatable bonds is 4. The van der Waals surface area contributed by atoms with Gasteiger partial charge in [0, 0.05) is 11.6 Å². The molecule has 0 spiro atoms. The largest absolute Gasteiger partial charge is 0.349 e. The molecule has 25 heavy (non-hydrogen) atoms. The predicted molar refractivity (Wildman–Crippen MR) is 97.4 cm³/mol. The van der Waals surface area contributed by atoms with Gasteiger partial charge in [-0.05, 0) is 37.1 Å². The van der Waals surface area contributed by atoms with Crippen LogP contribution in [0.15, 0.2) is 47.0 Å². The first-order valence-electron chi connectivity index (χ1n) is 8.60. The summed E-state index contributed by atoms with van der Waals surface area (Å²) < 4.78 is 5.34. The molecule has 4 rings (SSSR count). The Kier molecular flexibility index (Phi) is 4.61. The lowest BCUT2D eigenvalue weighted by Crippen LogP contribution is -2.35. The molecule has 1 amide bonds. The van der Waals surface area contributed by atoms with Gasteiger partial charge in [0.2, 0.25) is 5.82 Å². The lowest BCUT2D eigenvalue weighted by molar-refractivity contribution is 0.0932. The van der Waals surface area contributed by atoms with Crippen LogP contribution in [0.4, 0.5) is 0 Å². The van der Waals surface area contributed by atoms with E-state index in [1.54, 1.807) is 0 Å². The Morgan fingerprint density at radius 3 is 2.68 bits per heavy atom. The van der Waals surface area contributed by atoms with E-state index in [1.807, 2.05) is 42.5 Å². The van der Waals surface area contributed by atoms with Crippen LogP contribution >= 0.6 is 11.3 Å². The fourth-order valence-electron chi connectivity index (χ4n) is 3.11. The fraction of sp³-hybridized carbons (Fsp3) is 0.316. The van der Waals surface area contributed by atoms with Crippen molar-refractivity contribution in [2.75, 3.05) is 0 Å². The van der Waals surface area contributed by atoms with E-state index < -0.39 is 0 Å². The summed E-state index contributed by atoms with van der Waals surface area (Å²) >= 11 is 1.39. The van der Waals surface area contributed by atoms with E-state index in [4.69, 9.17) is 4.52 Å². The second-order valence-electron chi connectivity index (χ2n) is 6.26. The zero-order valence-electron chi connectivity index (χ0n) is 13.8. The maximum Gasteiger partial charge on any atom is 0.261 e. The van der Waals surface area contributed by atoms with Crippen LogP contribution in [0.5, 0.6) is 0 Å². The van der Waals surface area contributed by atoms with Gasteiger partial charge in [0.15, 0.2) is 0 Å². The number of benzene rings is 1. The van der Waals surface area contributed by atoms with E-state index in [9.17, 15) is 4.79 Å². The van der Waals surface area contributed by atoms with Crippen molar-refractivity contribution in [2.24, 2.45) is 0 Å². The molecule has 0 atom stereocenters. The second kappa shape index (κ2) is 7.19. The number of amides is 1. The van der Waals surface area contributed by atoms with E-state index in [-0.39, 0.29) is 5.91 Å². The third kappa shape index (κ3) is 3.64. The summed E-state index contributed by atoms with van der Waals surface area (Å²) in [4.78, 5) is 18.4. The SMILES string of the molecule is O=C(NC1CCCCC1)c1ccc(-c2noc(-c3ccccc3)n2)s1. The van der Waals surface area contributed by atoms with Gasteiger partial charge in [-0.15, -0.1) is 11.3 Å². The Morgan fingerprint density at radius 1 is 1.08 bits per heavy atom. The number of hydrogen-bond donors (Lipinski definition) is 1. The van der Waals surface area contributed by atoms with Gasteiger partial charge < -0.3 is 9.84 Å². The predicted octanol–water partition coefficient (Wildman–Crippen LogP) is 4.53. The highest BCUT2D eigenvalue weighted by Crippen LogP contribution is 2.28. The van der Waals surface area contributed by atoms with Crippen molar-refractivity contribution in [1.82, 2.24) is 15.5 Å². The highest BCUT2D eigenvalue weighted by Gasteiger charge is 2.19. The van der Waals surface area contributed by atoms with Gasteiger partial charge in [0.05, 0.1) is 9.75 Å². The van der Waals surface area contributed by atoms with Crippen molar-refractivity contribution in [1.29, 1.82) is 0 Å². The summed E-state index contributed by atoms with van der Waals surface area (Å²) in [7, 11) is 0. The van der Waals surface area contributed by atoms with Crippen LogP contribution in [-0.4, -0.2) is 22.1 Å². The lowest BCUT2D eigenvalue weighted by atomic mass is 9.95. The molecule has 5 nitrogen and oxygen atoms in total. The average molecular weight is 353 g/mol. The maximum absolute atomic E-state index is 12.4. The minimum atomic E-state index is -0.00470. The molecule has 1 aromatic carbocycles. The number of thiophene rings is 1. The Morgan fingerprint density at radius 2 is 1.88 bits per heavy atom. The maximum atomic E-state index is 12.4. The number of nitrogens with one attached hydrogen (secondary N) is 1. The van der Waals surface area contributed by atoms with Crippen LogP contribution in [0.3, 0.4) is 0 Å². The molecule has 1 fully saturated rings. The van der Waals surface area contributed by atoms with Crippen molar-refractivity contribution in [3.63, 3.8) is 0 Å². The molecule has 1 N–H and O–H groups in total. The topological polar surface area (TPSA) is 68.0 Å². The fourth-order valence-corrected chi connectivity index (χ4v) is 3.94. The van der Waals surface area contributed by atoms with Gasteiger partial charge in [-0.25, -0.2) is 0 Å². The lowest BCUT2D eigenvalue weighted by Gasteiger charge is -2.22. The molecular formula is C19H19N3O2S. The van der Waals surface area contributed by atoms with E-state index in [0.717, 1.165) is 23.3 Å². The number of carbonyl (C=O) groups excluding carboxylic acids is 1. The Balaban J connectivity index is 1.47. The van der Waals surface area contributed by atoms with Crippen molar-refractivity contribution in [2.45, 2.75) is 38.1 Å². The van der Waals surface area contributed by atoms with Crippen molar-refractivity contribution in [3.05, 3.63) is 47.3 Å².